The van der Waals surface area contributed by atoms with Crippen LogP contribution in [0, 0.1) is 11.3 Å². The van der Waals surface area contributed by atoms with Crippen LogP contribution in [0.1, 0.15) is 35.3 Å². The molecule has 33 heavy (non-hydrogen) atoms. The first kappa shape index (κ1) is 20.8. The van der Waals surface area contributed by atoms with Gasteiger partial charge in [-0.15, -0.1) is 0 Å². The summed E-state index contributed by atoms with van der Waals surface area (Å²) in [6.45, 7) is 4.73. The maximum absolute atomic E-state index is 12.6. The van der Waals surface area contributed by atoms with Crippen LogP contribution in [0.15, 0.2) is 36.7 Å². The van der Waals surface area contributed by atoms with E-state index < -0.39 is 0 Å². The first-order valence-electron chi connectivity index (χ1n) is 10.6. The van der Waals surface area contributed by atoms with E-state index >= 15 is 0 Å². The lowest BCUT2D eigenvalue weighted by atomic mass is 9.77. The van der Waals surface area contributed by atoms with Gasteiger partial charge in [-0.2, -0.15) is 15.5 Å². The number of benzene rings is 2. The summed E-state index contributed by atoms with van der Waals surface area (Å²) in [5.74, 6) is 0.369. The van der Waals surface area contributed by atoms with Crippen molar-refractivity contribution in [2.75, 3.05) is 13.7 Å². The molecule has 1 N–H and O–H groups in total. The number of carbonyl (C=O) groups is 1. The molecule has 8 heteroatoms. The van der Waals surface area contributed by atoms with Gasteiger partial charge in [0.1, 0.15) is 5.75 Å². The molecule has 0 bridgehead atoms. The van der Waals surface area contributed by atoms with Crippen molar-refractivity contribution in [1.29, 1.82) is 5.26 Å². The molecule has 8 nitrogen and oxygen atoms in total. The van der Waals surface area contributed by atoms with E-state index in [-0.39, 0.29) is 11.3 Å². The van der Waals surface area contributed by atoms with Gasteiger partial charge in [-0.05, 0) is 35.4 Å². The van der Waals surface area contributed by atoms with Gasteiger partial charge in [0.15, 0.2) is 0 Å². The largest absolute Gasteiger partial charge is 0.496 e. The fourth-order valence-electron chi connectivity index (χ4n) is 4.65. The summed E-state index contributed by atoms with van der Waals surface area (Å²) in [4.78, 5) is 12.6. The van der Waals surface area contributed by atoms with Crippen LogP contribution in [0.2, 0.25) is 0 Å². The number of ether oxygens (including phenoxy) is 1. The van der Waals surface area contributed by atoms with E-state index in [1.54, 1.807) is 22.7 Å². The number of hydrogen-bond donors (Lipinski definition) is 1. The van der Waals surface area contributed by atoms with Crippen LogP contribution in [0.3, 0.4) is 0 Å². The Morgan fingerprint density at radius 3 is 2.61 bits per heavy atom. The first-order valence-corrected chi connectivity index (χ1v) is 10.6. The molecule has 0 aliphatic carbocycles. The van der Waals surface area contributed by atoms with E-state index in [0.29, 0.717) is 23.4 Å². The smallest absolute Gasteiger partial charge is 0.255 e. The molecule has 4 aromatic rings. The number of methoxy groups -OCH3 is 1. The van der Waals surface area contributed by atoms with E-state index in [1.807, 2.05) is 44.6 Å². The van der Waals surface area contributed by atoms with Crippen LogP contribution >= 0.6 is 0 Å². The molecule has 3 heterocycles. The third-order valence-electron chi connectivity index (χ3n) is 6.34. The molecule has 0 spiro atoms. The third-order valence-corrected chi connectivity index (χ3v) is 6.34. The Morgan fingerprint density at radius 2 is 1.94 bits per heavy atom. The molecule has 2 aromatic carbocycles. The molecular weight excluding hydrogens is 416 g/mol. The van der Waals surface area contributed by atoms with Gasteiger partial charge < -0.3 is 10.1 Å². The van der Waals surface area contributed by atoms with E-state index in [4.69, 9.17) is 9.84 Å². The van der Waals surface area contributed by atoms with Gasteiger partial charge in [-0.25, -0.2) is 0 Å². The molecule has 1 amide bonds. The maximum atomic E-state index is 12.6. The Bertz CT molecular complexity index is 1490. The number of aromatic nitrogens is 4. The van der Waals surface area contributed by atoms with Crippen molar-refractivity contribution in [3.63, 3.8) is 0 Å². The number of nitriles is 1. The number of rotatable bonds is 3. The predicted octanol–water partition coefficient (Wildman–Crippen LogP) is 3.54. The topological polar surface area (TPSA) is 97.8 Å². The highest BCUT2D eigenvalue weighted by molar-refractivity contribution is 6.03. The number of nitrogens with one attached hydrogen (secondary N) is 1. The third kappa shape index (κ3) is 3.16. The average Bonchev–Trinajstić information content (AvgIpc) is 3.37. The zero-order valence-corrected chi connectivity index (χ0v) is 19.2. The summed E-state index contributed by atoms with van der Waals surface area (Å²) in [7, 11) is 5.29. The SMILES string of the molecule is COc1cc(-c2c3c(C#N)cc(-c4cnn(C)c4)cc3nn2C)cc2c1C(=O)NCC2(C)C. The molecule has 1 aliphatic heterocycles. The molecule has 5 rings (SSSR count). The van der Waals surface area contributed by atoms with Crippen molar-refractivity contribution in [3.8, 4) is 34.2 Å². The molecule has 0 unspecified atom stereocenters. The van der Waals surface area contributed by atoms with E-state index in [0.717, 1.165) is 38.9 Å². The molecule has 0 saturated carbocycles. The number of carbonyl (C=O) groups excluding carboxylic acids is 1. The van der Waals surface area contributed by atoms with E-state index in [2.05, 4.69) is 30.3 Å². The quantitative estimate of drug-likeness (QED) is 0.525. The molecule has 0 radical (unpaired) electrons. The normalized spacial score (nSPS) is 14.6. The van der Waals surface area contributed by atoms with Crippen LogP contribution in [0.4, 0.5) is 0 Å². The van der Waals surface area contributed by atoms with Gasteiger partial charge in [0, 0.05) is 48.8 Å². The van der Waals surface area contributed by atoms with E-state index in [1.165, 1.54) is 0 Å². The highest BCUT2D eigenvalue weighted by Crippen LogP contribution is 2.41. The van der Waals surface area contributed by atoms with Gasteiger partial charge in [0.25, 0.3) is 5.91 Å². The molecule has 1 aliphatic rings. The lowest BCUT2D eigenvalue weighted by Crippen LogP contribution is -2.43. The molecule has 2 aromatic heterocycles. The van der Waals surface area contributed by atoms with Gasteiger partial charge in [-0.3, -0.25) is 14.2 Å². The second-order valence-electron chi connectivity index (χ2n) is 9.07. The zero-order valence-electron chi connectivity index (χ0n) is 19.2. The van der Waals surface area contributed by atoms with Crippen molar-refractivity contribution < 1.29 is 9.53 Å². The van der Waals surface area contributed by atoms with Gasteiger partial charge >= 0.3 is 0 Å². The monoisotopic (exact) mass is 440 g/mol. The second kappa shape index (κ2) is 7.20. The minimum atomic E-state index is -0.271. The number of hydrogen-bond acceptors (Lipinski definition) is 5. The van der Waals surface area contributed by atoms with Crippen LogP contribution in [0.25, 0.3) is 33.3 Å². The van der Waals surface area contributed by atoms with Gasteiger partial charge in [0.2, 0.25) is 0 Å². The Labute approximate surface area is 191 Å². The minimum absolute atomic E-state index is 0.138. The van der Waals surface area contributed by atoms with Crippen molar-refractivity contribution in [3.05, 3.63) is 53.3 Å². The van der Waals surface area contributed by atoms with E-state index in [9.17, 15) is 10.1 Å². The lowest BCUT2D eigenvalue weighted by molar-refractivity contribution is 0.0926. The zero-order chi connectivity index (χ0) is 23.5. The average molecular weight is 441 g/mol. The number of amides is 1. The molecule has 0 atom stereocenters. The summed E-state index contributed by atoms with van der Waals surface area (Å²) in [5.41, 5.74) is 5.92. The summed E-state index contributed by atoms with van der Waals surface area (Å²) in [6, 6.07) is 10.1. The summed E-state index contributed by atoms with van der Waals surface area (Å²) in [5, 5.41) is 22.7. The summed E-state index contributed by atoms with van der Waals surface area (Å²) >= 11 is 0. The second-order valence-corrected chi connectivity index (χ2v) is 9.07. The minimum Gasteiger partial charge on any atom is -0.496 e. The van der Waals surface area contributed by atoms with Gasteiger partial charge in [0.05, 0.1) is 41.7 Å². The van der Waals surface area contributed by atoms with Crippen molar-refractivity contribution in [2.45, 2.75) is 19.3 Å². The highest BCUT2D eigenvalue weighted by Gasteiger charge is 2.35. The maximum Gasteiger partial charge on any atom is 0.255 e. The highest BCUT2D eigenvalue weighted by atomic mass is 16.5. The van der Waals surface area contributed by atoms with Crippen molar-refractivity contribution >= 4 is 16.8 Å². The number of nitrogens with zero attached hydrogens (tertiary/aromatic N) is 5. The molecule has 0 fully saturated rings. The number of fused-ring (bicyclic) bond motifs is 2. The van der Waals surface area contributed by atoms with Crippen LogP contribution in [0.5, 0.6) is 5.75 Å². The standard InChI is InChI=1S/C25H24N6O2/c1-25(2)13-27-24(32)22-18(25)7-15(9-20(22)33-5)23-21-16(10-26)6-14(8-19(21)29-31(23)4)17-11-28-30(3)12-17/h6-9,11-12H,13H2,1-5H3,(H,27,32). The van der Waals surface area contributed by atoms with Crippen LogP contribution in [-0.4, -0.2) is 39.1 Å². The summed E-state index contributed by atoms with van der Waals surface area (Å²) < 4.78 is 9.15. The molecule has 0 saturated heterocycles. The fraction of sp³-hybridized carbons (Fsp3) is 0.280. The van der Waals surface area contributed by atoms with Gasteiger partial charge in [-0.1, -0.05) is 13.8 Å². The Balaban J connectivity index is 1.79. The van der Waals surface area contributed by atoms with Crippen molar-refractivity contribution in [2.24, 2.45) is 14.1 Å². The fourth-order valence-corrected chi connectivity index (χ4v) is 4.65. The molecule has 166 valence electrons. The first-order chi connectivity index (χ1) is 15.7. The van der Waals surface area contributed by atoms with Crippen LogP contribution in [-0.2, 0) is 19.5 Å². The Kier molecular flexibility index (Phi) is 4.53. The van der Waals surface area contributed by atoms with Crippen molar-refractivity contribution in [1.82, 2.24) is 24.9 Å². The molecular formula is C25H24N6O2. The Morgan fingerprint density at radius 1 is 1.15 bits per heavy atom. The predicted molar refractivity (Wildman–Crippen MR) is 125 cm³/mol. The van der Waals surface area contributed by atoms with Crippen LogP contribution < -0.4 is 10.1 Å². The lowest BCUT2D eigenvalue weighted by Gasteiger charge is -2.33. The Hall–Kier alpha value is -4.12. The number of aryl methyl sites for hydroxylation is 2. The summed E-state index contributed by atoms with van der Waals surface area (Å²) in [6.07, 6.45) is 3.68.